The van der Waals surface area contributed by atoms with Crippen LogP contribution in [0.5, 0.6) is 11.6 Å². The number of benzene rings is 1. The molecule has 0 amide bonds. The number of aromatic nitrogens is 2. The van der Waals surface area contributed by atoms with Gasteiger partial charge >= 0.3 is 0 Å². The van der Waals surface area contributed by atoms with Gasteiger partial charge in [0.2, 0.25) is 5.88 Å². The summed E-state index contributed by atoms with van der Waals surface area (Å²) in [5.41, 5.74) is -0.233. The minimum Gasteiger partial charge on any atom is -0.436 e. The van der Waals surface area contributed by atoms with E-state index in [1.807, 2.05) is 0 Å². The summed E-state index contributed by atoms with van der Waals surface area (Å²) in [5.74, 6) is 0.182. The molecule has 1 aromatic carbocycles. The monoisotopic (exact) mass is 319 g/mol. The number of rotatable bonds is 3. The Balaban J connectivity index is 2.38. The minimum absolute atomic E-state index is 0.00562. The molecular formula is C10H4Cl3N3O3. The third kappa shape index (κ3) is 3.23. The molecule has 0 atom stereocenters. The molecule has 0 radical (unpaired) electrons. The third-order valence-corrected chi connectivity index (χ3v) is 2.78. The van der Waals surface area contributed by atoms with Gasteiger partial charge in [-0.2, -0.15) is 0 Å². The van der Waals surface area contributed by atoms with Crippen molar-refractivity contribution in [1.82, 2.24) is 9.97 Å². The molecule has 0 saturated carbocycles. The highest BCUT2D eigenvalue weighted by Gasteiger charge is 2.16. The number of nitro groups is 1. The van der Waals surface area contributed by atoms with Crippen molar-refractivity contribution in [2.24, 2.45) is 0 Å². The number of hydrogen-bond acceptors (Lipinski definition) is 5. The first-order chi connectivity index (χ1) is 8.97. The number of nitrogens with zero attached hydrogens (tertiary/aromatic N) is 3. The second-order valence-corrected chi connectivity index (χ2v) is 4.48. The number of nitro benzene ring substituents is 1. The van der Waals surface area contributed by atoms with Crippen LogP contribution in [0.1, 0.15) is 0 Å². The van der Waals surface area contributed by atoms with E-state index in [-0.39, 0.29) is 32.5 Å². The average molecular weight is 321 g/mol. The quantitative estimate of drug-likeness (QED) is 0.482. The lowest BCUT2D eigenvalue weighted by Crippen LogP contribution is -1.93. The van der Waals surface area contributed by atoms with Gasteiger partial charge in [-0.25, -0.2) is 9.97 Å². The SMILES string of the molecule is O=[N+]([O-])c1cc(Cl)c(Oc2cc(Cl)ncn2)c(Cl)c1. The molecule has 6 nitrogen and oxygen atoms in total. The van der Waals surface area contributed by atoms with E-state index < -0.39 is 4.92 Å². The van der Waals surface area contributed by atoms with Crippen molar-refractivity contribution in [3.8, 4) is 11.6 Å². The second kappa shape index (κ2) is 5.56. The first kappa shape index (κ1) is 13.8. The van der Waals surface area contributed by atoms with Gasteiger partial charge in [-0.1, -0.05) is 34.8 Å². The van der Waals surface area contributed by atoms with Crippen LogP contribution >= 0.6 is 34.8 Å². The van der Waals surface area contributed by atoms with E-state index in [9.17, 15) is 10.1 Å². The summed E-state index contributed by atoms with van der Waals surface area (Å²) in [7, 11) is 0. The molecule has 0 fully saturated rings. The van der Waals surface area contributed by atoms with Gasteiger partial charge < -0.3 is 4.74 Å². The number of halogens is 3. The third-order valence-electron chi connectivity index (χ3n) is 2.01. The van der Waals surface area contributed by atoms with Gasteiger partial charge in [-0.3, -0.25) is 10.1 Å². The maximum Gasteiger partial charge on any atom is 0.272 e. The van der Waals surface area contributed by atoms with E-state index in [1.54, 1.807) is 0 Å². The zero-order valence-electron chi connectivity index (χ0n) is 9.01. The van der Waals surface area contributed by atoms with Crippen molar-refractivity contribution in [1.29, 1.82) is 0 Å². The summed E-state index contributed by atoms with van der Waals surface area (Å²) in [6.07, 6.45) is 1.20. The van der Waals surface area contributed by atoms with Crippen molar-refractivity contribution in [2.45, 2.75) is 0 Å². The number of ether oxygens (including phenoxy) is 1. The predicted octanol–water partition coefficient (Wildman–Crippen LogP) is 4.14. The Morgan fingerprint density at radius 1 is 1.11 bits per heavy atom. The maximum atomic E-state index is 10.6. The summed E-state index contributed by atoms with van der Waals surface area (Å²) in [6, 6.07) is 3.62. The lowest BCUT2D eigenvalue weighted by atomic mass is 10.3. The van der Waals surface area contributed by atoms with Crippen LogP contribution in [0.25, 0.3) is 0 Å². The van der Waals surface area contributed by atoms with Gasteiger partial charge in [0.1, 0.15) is 11.5 Å². The number of hydrogen-bond donors (Lipinski definition) is 0. The largest absolute Gasteiger partial charge is 0.436 e. The first-order valence-electron chi connectivity index (χ1n) is 4.76. The Hall–Kier alpha value is -1.63. The smallest absolute Gasteiger partial charge is 0.272 e. The summed E-state index contributed by atoms with van der Waals surface area (Å²) in [4.78, 5) is 17.5. The molecule has 2 aromatic rings. The summed E-state index contributed by atoms with van der Waals surface area (Å²) in [5, 5.41) is 10.8. The van der Waals surface area contributed by atoms with Crippen molar-refractivity contribution < 1.29 is 9.66 Å². The van der Waals surface area contributed by atoms with Crippen LogP contribution in [0, 0.1) is 10.1 Å². The average Bonchev–Trinajstić information content (AvgIpc) is 2.33. The molecular weight excluding hydrogens is 316 g/mol. The molecule has 0 aliphatic rings. The Labute approximate surface area is 122 Å². The van der Waals surface area contributed by atoms with Gasteiger partial charge in [0, 0.05) is 18.2 Å². The molecule has 0 aliphatic carbocycles. The van der Waals surface area contributed by atoms with Crippen molar-refractivity contribution >= 4 is 40.5 Å². The van der Waals surface area contributed by atoms with Crippen LogP contribution < -0.4 is 4.74 Å². The van der Waals surface area contributed by atoms with Gasteiger partial charge in [-0.05, 0) is 0 Å². The topological polar surface area (TPSA) is 78.2 Å². The molecule has 9 heteroatoms. The molecule has 0 unspecified atom stereocenters. The van der Waals surface area contributed by atoms with Crippen LogP contribution in [0.4, 0.5) is 5.69 Å². The molecule has 19 heavy (non-hydrogen) atoms. The fraction of sp³-hybridized carbons (Fsp3) is 0. The van der Waals surface area contributed by atoms with E-state index in [0.717, 1.165) is 12.1 Å². The highest BCUT2D eigenvalue weighted by Crippen LogP contribution is 2.39. The Bertz CT molecular complexity index is 628. The molecule has 0 bridgehead atoms. The molecule has 0 spiro atoms. The van der Waals surface area contributed by atoms with E-state index in [1.165, 1.54) is 12.4 Å². The summed E-state index contributed by atoms with van der Waals surface area (Å²) in [6.45, 7) is 0. The zero-order valence-corrected chi connectivity index (χ0v) is 11.3. The van der Waals surface area contributed by atoms with Gasteiger partial charge in [0.25, 0.3) is 5.69 Å². The van der Waals surface area contributed by atoms with Crippen LogP contribution in [-0.2, 0) is 0 Å². The molecule has 0 aliphatic heterocycles. The van der Waals surface area contributed by atoms with Crippen LogP contribution in [0.2, 0.25) is 15.2 Å². The standard InChI is InChI=1S/C10H4Cl3N3O3/c11-6-1-5(16(17)18)2-7(12)10(6)19-9-3-8(13)14-4-15-9/h1-4H. The first-order valence-corrected chi connectivity index (χ1v) is 5.89. The minimum atomic E-state index is -0.608. The fourth-order valence-electron chi connectivity index (χ4n) is 1.23. The van der Waals surface area contributed by atoms with Crippen LogP contribution in [-0.4, -0.2) is 14.9 Å². The van der Waals surface area contributed by atoms with E-state index >= 15 is 0 Å². The molecule has 0 N–H and O–H groups in total. The molecule has 0 saturated heterocycles. The summed E-state index contributed by atoms with van der Waals surface area (Å²) >= 11 is 17.4. The van der Waals surface area contributed by atoms with Crippen molar-refractivity contribution in [3.63, 3.8) is 0 Å². The molecule has 1 aromatic heterocycles. The van der Waals surface area contributed by atoms with Gasteiger partial charge in [0.05, 0.1) is 15.0 Å². The highest BCUT2D eigenvalue weighted by molar-refractivity contribution is 6.37. The lowest BCUT2D eigenvalue weighted by Gasteiger charge is -2.08. The number of non-ortho nitro benzene ring substituents is 1. The van der Waals surface area contributed by atoms with E-state index in [0.29, 0.717) is 0 Å². The Kier molecular flexibility index (Phi) is 4.04. The van der Waals surface area contributed by atoms with Crippen molar-refractivity contribution in [3.05, 3.63) is 49.8 Å². The zero-order chi connectivity index (χ0) is 14.0. The van der Waals surface area contributed by atoms with E-state index in [4.69, 9.17) is 39.5 Å². The predicted molar refractivity (Wildman–Crippen MR) is 70.2 cm³/mol. The van der Waals surface area contributed by atoms with Crippen LogP contribution in [0.3, 0.4) is 0 Å². The Morgan fingerprint density at radius 3 is 2.26 bits per heavy atom. The Morgan fingerprint density at radius 2 is 1.74 bits per heavy atom. The second-order valence-electron chi connectivity index (χ2n) is 3.28. The van der Waals surface area contributed by atoms with Crippen molar-refractivity contribution in [2.75, 3.05) is 0 Å². The summed E-state index contributed by atoms with van der Waals surface area (Å²) < 4.78 is 5.33. The molecule has 2 rings (SSSR count). The van der Waals surface area contributed by atoms with Crippen LogP contribution in [0.15, 0.2) is 24.5 Å². The fourth-order valence-corrected chi connectivity index (χ4v) is 1.92. The maximum absolute atomic E-state index is 10.6. The molecule has 98 valence electrons. The van der Waals surface area contributed by atoms with Gasteiger partial charge in [0.15, 0.2) is 5.75 Å². The highest BCUT2D eigenvalue weighted by atomic mass is 35.5. The van der Waals surface area contributed by atoms with E-state index in [2.05, 4.69) is 9.97 Å². The normalized spacial score (nSPS) is 10.3. The van der Waals surface area contributed by atoms with Gasteiger partial charge in [-0.15, -0.1) is 0 Å². The lowest BCUT2D eigenvalue weighted by molar-refractivity contribution is -0.384. The molecule has 1 heterocycles.